The van der Waals surface area contributed by atoms with Crippen LogP contribution in [0.15, 0.2) is 23.1 Å². The molecular formula is C11H14FN5O3. The van der Waals surface area contributed by atoms with Gasteiger partial charge >= 0.3 is 0 Å². The van der Waals surface area contributed by atoms with E-state index in [1.54, 1.807) is 4.57 Å². The molecule has 0 aromatic carbocycles. The van der Waals surface area contributed by atoms with E-state index in [2.05, 4.69) is 15.0 Å². The van der Waals surface area contributed by atoms with Crippen molar-refractivity contribution < 1.29 is 14.2 Å². The van der Waals surface area contributed by atoms with Gasteiger partial charge in [-0.1, -0.05) is 0 Å². The Hall–Kier alpha value is -2.58. The molecule has 1 aliphatic heterocycles. The van der Waals surface area contributed by atoms with Crippen molar-refractivity contribution >= 4 is 17.1 Å². The molecule has 20 heavy (non-hydrogen) atoms. The highest BCUT2D eigenvalue weighted by molar-refractivity contribution is 5.70. The lowest BCUT2D eigenvalue weighted by Gasteiger charge is -2.12. The molecule has 2 aromatic rings. The number of imidazole rings is 1. The van der Waals surface area contributed by atoms with Crippen LogP contribution >= 0.6 is 0 Å². The summed E-state index contributed by atoms with van der Waals surface area (Å²) in [6.07, 6.45) is 3.39. The average Bonchev–Trinajstić information content (AvgIpc) is 3.06. The van der Waals surface area contributed by atoms with Crippen LogP contribution in [0, 0.1) is 0 Å². The molecule has 0 bridgehead atoms. The number of hydrogen-bond acceptors (Lipinski definition) is 6. The number of H-pyrrole nitrogens is 1. The molecule has 9 heteroatoms. The summed E-state index contributed by atoms with van der Waals surface area (Å²) in [4.78, 5) is 22.0. The topological polar surface area (TPSA) is 119 Å². The van der Waals surface area contributed by atoms with Gasteiger partial charge in [0.1, 0.15) is 18.3 Å². The quantitative estimate of drug-likeness (QED) is 0.671. The number of aliphatic hydroxyl groups excluding tert-OH is 1. The SMILES string of the molecule is CF.Nc1nc2c(ncn2C2CC/C(=C\O)O2)c(=O)[nH]1. The number of nitrogens with zero attached hydrogens (tertiary/aromatic N) is 3. The van der Waals surface area contributed by atoms with Crippen molar-refractivity contribution in [1.29, 1.82) is 0 Å². The first-order valence-corrected chi connectivity index (χ1v) is 5.79. The van der Waals surface area contributed by atoms with Gasteiger partial charge < -0.3 is 15.6 Å². The number of aliphatic hydroxyl groups is 1. The van der Waals surface area contributed by atoms with Crippen LogP contribution in [0.25, 0.3) is 11.2 Å². The maximum absolute atomic E-state index is 11.6. The monoisotopic (exact) mass is 283 g/mol. The summed E-state index contributed by atoms with van der Waals surface area (Å²) in [5, 5.41) is 8.88. The zero-order valence-corrected chi connectivity index (χ0v) is 10.7. The lowest BCUT2D eigenvalue weighted by molar-refractivity contribution is 0.0965. The number of rotatable bonds is 1. The van der Waals surface area contributed by atoms with E-state index in [1.165, 1.54) is 6.33 Å². The normalized spacial score (nSPS) is 19.7. The Morgan fingerprint density at radius 3 is 3.05 bits per heavy atom. The summed E-state index contributed by atoms with van der Waals surface area (Å²) in [5.41, 5.74) is 5.71. The fourth-order valence-corrected chi connectivity index (χ4v) is 2.00. The molecule has 8 nitrogen and oxygen atoms in total. The zero-order chi connectivity index (χ0) is 14.7. The molecule has 1 atom stereocenters. The van der Waals surface area contributed by atoms with E-state index in [9.17, 15) is 9.18 Å². The van der Waals surface area contributed by atoms with Crippen LogP contribution in [0.5, 0.6) is 0 Å². The van der Waals surface area contributed by atoms with Crippen LogP contribution in [0.3, 0.4) is 0 Å². The van der Waals surface area contributed by atoms with Gasteiger partial charge in [-0.3, -0.25) is 18.7 Å². The molecule has 1 fully saturated rings. The summed E-state index contributed by atoms with van der Waals surface area (Å²) in [6.45, 7) is 0. The summed E-state index contributed by atoms with van der Waals surface area (Å²) in [6, 6.07) is 0. The molecular weight excluding hydrogens is 269 g/mol. The fraction of sp³-hybridized carbons (Fsp3) is 0.364. The number of hydrogen-bond donors (Lipinski definition) is 3. The number of fused-ring (bicyclic) bond motifs is 1. The number of nitrogens with two attached hydrogens (primary N) is 1. The van der Waals surface area contributed by atoms with Gasteiger partial charge in [0.15, 0.2) is 17.4 Å². The van der Waals surface area contributed by atoms with Crippen molar-refractivity contribution in [3.63, 3.8) is 0 Å². The van der Waals surface area contributed by atoms with Gasteiger partial charge in [-0.05, 0) is 0 Å². The van der Waals surface area contributed by atoms with Crippen molar-refractivity contribution in [3.05, 3.63) is 28.7 Å². The largest absolute Gasteiger partial charge is 0.512 e. The van der Waals surface area contributed by atoms with Gasteiger partial charge in [0, 0.05) is 12.8 Å². The van der Waals surface area contributed by atoms with Crippen LogP contribution in [-0.2, 0) is 4.74 Å². The van der Waals surface area contributed by atoms with E-state index in [4.69, 9.17) is 15.6 Å². The number of aromatic amines is 1. The van der Waals surface area contributed by atoms with Gasteiger partial charge in [-0.15, -0.1) is 0 Å². The van der Waals surface area contributed by atoms with Crippen molar-refractivity contribution in [2.24, 2.45) is 0 Å². The summed E-state index contributed by atoms with van der Waals surface area (Å²) < 4.78 is 16.6. The molecule has 3 heterocycles. The average molecular weight is 283 g/mol. The number of ether oxygens (including phenoxy) is 1. The molecule has 0 aliphatic carbocycles. The molecule has 0 radical (unpaired) electrons. The summed E-state index contributed by atoms with van der Waals surface area (Å²) >= 11 is 0. The second-order valence-corrected chi connectivity index (χ2v) is 3.98. The molecule has 1 aliphatic rings. The lowest BCUT2D eigenvalue weighted by atomic mass is 10.3. The van der Waals surface area contributed by atoms with Gasteiger partial charge in [-0.25, -0.2) is 4.98 Å². The van der Waals surface area contributed by atoms with Crippen molar-refractivity contribution in [1.82, 2.24) is 19.5 Å². The molecule has 0 saturated carbocycles. The molecule has 4 N–H and O–H groups in total. The molecule has 1 unspecified atom stereocenters. The summed E-state index contributed by atoms with van der Waals surface area (Å²) in [7, 11) is 0.500. The Balaban J connectivity index is 0.000000704. The molecule has 1 saturated heterocycles. The third-order valence-electron chi connectivity index (χ3n) is 2.83. The van der Waals surface area contributed by atoms with E-state index in [1.807, 2.05) is 0 Å². The zero-order valence-electron chi connectivity index (χ0n) is 10.7. The molecule has 3 rings (SSSR count). The third kappa shape index (κ3) is 2.29. The highest BCUT2D eigenvalue weighted by Crippen LogP contribution is 2.31. The van der Waals surface area contributed by atoms with Gasteiger partial charge in [0.05, 0.1) is 7.18 Å². The Kier molecular flexibility index (Phi) is 3.87. The second kappa shape index (κ2) is 5.59. The minimum Gasteiger partial charge on any atom is -0.512 e. The third-order valence-corrected chi connectivity index (χ3v) is 2.83. The van der Waals surface area contributed by atoms with Crippen LogP contribution in [0.2, 0.25) is 0 Å². The lowest BCUT2D eigenvalue weighted by Crippen LogP contribution is -2.13. The van der Waals surface area contributed by atoms with Crippen LogP contribution in [0.4, 0.5) is 10.3 Å². The number of anilines is 1. The minimum absolute atomic E-state index is 0.0326. The smallest absolute Gasteiger partial charge is 0.280 e. The highest BCUT2D eigenvalue weighted by atomic mass is 19.1. The van der Waals surface area contributed by atoms with E-state index in [-0.39, 0.29) is 23.3 Å². The van der Waals surface area contributed by atoms with E-state index < -0.39 is 0 Å². The molecule has 2 aromatic heterocycles. The van der Waals surface area contributed by atoms with Crippen LogP contribution in [-0.4, -0.2) is 31.8 Å². The van der Waals surface area contributed by atoms with Gasteiger partial charge in [0.25, 0.3) is 5.56 Å². The molecule has 0 spiro atoms. The maximum atomic E-state index is 11.6. The fourth-order valence-electron chi connectivity index (χ4n) is 2.00. The van der Waals surface area contributed by atoms with Crippen molar-refractivity contribution in [3.8, 4) is 0 Å². The molecule has 0 amide bonds. The standard InChI is InChI=1S/C10H11N5O3.CH3F/c11-10-13-8-7(9(17)14-10)12-4-15(8)6-2-1-5(3-16)18-6;1-2/h3-4,6,16H,1-2H2,(H3,11,13,14,17);1H3/b5-3+;. The van der Waals surface area contributed by atoms with Crippen LogP contribution < -0.4 is 11.3 Å². The van der Waals surface area contributed by atoms with Gasteiger partial charge in [0.2, 0.25) is 5.95 Å². The Morgan fingerprint density at radius 2 is 2.40 bits per heavy atom. The van der Waals surface area contributed by atoms with Crippen molar-refractivity contribution in [2.45, 2.75) is 19.1 Å². The van der Waals surface area contributed by atoms with Gasteiger partial charge in [-0.2, -0.15) is 4.98 Å². The second-order valence-electron chi connectivity index (χ2n) is 3.98. The Labute approximate surface area is 112 Å². The predicted octanol–water partition coefficient (Wildman–Crippen LogP) is 0.996. The number of allylic oxidation sites excluding steroid dienone is 1. The number of halogens is 1. The first-order valence-electron chi connectivity index (χ1n) is 5.79. The Morgan fingerprint density at radius 1 is 1.65 bits per heavy atom. The molecule has 108 valence electrons. The predicted molar refractivity (Wildman–Crippen MR) is 69.7 cm³/mol. The van der Waals surface area contributed by atoms with Crippen LogP contribution in [0.1, 0.15) is 19.1 Å². The van der Waals surface area contributed by atoms with Crippen molar-refractivity contribution in [2.75, 3.05) is 12.9 Å². The van der Waals surface area contributed by atoms with E-state index in [0.29, 0.717) is 31.4 Å². The highest BCUT2D eigenvalue weighted by Gasteiger charge is 2.25. The maximum Gasteiger partial charge on any atom is 0.280 e. The number of nitrogen functional groups attached to an aromatic ring is 1. The summed E-state index contributed by atoms with van der Waals surface area (Å²) in [5.74, 6) is 0.532. The first kappa shape index (κ1) is 13.8. The minimum atomic E-state index is -0.382. The first-order chi connectivity index (χ1) is 9.69. The number of nitrogens with one attached hydrogen (secondary N) is 1. The Bertz CT molecular complexity index is 693. The van der Waals surface area contributed by atoms with E-state index in [0.717, 1.165) is 6.26 Å². The van der Waals surface area contributed by atoms with E-state index >= 15 is 0 Å². The number of alkyl halides is 1. The number of aromatic nitrogens is 4.